The molecule has 0 aromatic heterocycles. The molecule has 0 saturated heterocycles. The molecule has 4 unspecified atom stereocenters. The van der Waals surface area contributed by atoms with E-state index < -0.39 is 6.17 Å². The van der Waals surface area contributed by atoms with Crippen molar-refractivity contribution >= 4 is 0 Å². The summed E-state index contributed by atoms with van der Waals surface area (Å²) in [5, 5.41) is 0. The third-order valence-corrected chi connectivity index (χ3v) is 7.13. The fraction of sp³-hybridized carbons (Fsp3) is 0.778. The standard InChI is InChI=1S/C27H45F/c1-4-6-7-8-9-10-11-12-15-23(5-2)21-25(28)20-22(3)26-19-18-24-16-13-14-17-27(24)26/h13-14,16-17,22-23,25-26H,4-12,15,18-21H2,1-3H3. The number of hydrogen-bond acceptors (Lipinski definition) is 0. The van der Waals surface area contributed by atoms with Gasteiger partial charge >= 0.3 is 0 Å². The molecule has 1 aromatic rings. The molecule has 0 heterocycles. The Bertz CT molecular complexity index is 523. The third-order valence-electron chi connectivity index (χ3n) is 7.13. The largest absolute Gasteiger partial charge is 0.247 e. The molecule has 0 nitrogen and oxygen atoms in total. The van der Waals surface area contributed by atoms with Gasteiger partial charge in [-0.15, -0.1) is 0 Å². The molecular weight excluding hydrogens is 343 g/mol. The average Bonchev–Trinajstić information content (AvgIpc) is 3.13. The summed E-state index contributed by atoms with van der Waals surface area (Å²) >= 11 is 0. The fourth-order valence-electron chi connectivity index (χ4n) is 5.26. The van der Waals surface area contributed by atoms with Crippen LogP contribution in [0.15, 0.2) is 24.3 Å². The highest BCUT2D eigenvalue weighted by Gasteiger charge is 2.29. The van der Waals surface area contributed by atoms with Crippen molar-refractivity contribution in [2.24, 2.45) is 11.8 Å². The van der Waals surface area contributed by atoms with E-state index in [9.17, 15) is 4.39 Å². The van der Waals surface area contributed by atoms with Crippen LogP contribution < -0.4 is 0 Å². The summed E-state index contributed by atoms with van der Waals surface area (Å²) in [6.07, 6.45) is 16.6. The van der Waals surface area contributed by atoms with Crippen molar-refractivity contribution < 1.29 is 4.39 Å². The lowest BCUT2D eigenvalue weighted by atomic mass is 9.83. The minimum Gasteiger partial charge on any atom is -0.247 e. The zero-order valence-corrected chi connectivity index (χ0v) is 18.9. The zero-order chi connectivity index (χ0) is 20.2. The van der Waals surface area contributed by atoms with Gasteiger partial charge in [-0.3, -0.25) is 0 Å². The van der Waals surface area contributed by atoms with Crippen molar-refractivity contribution in [2.75, 3.05) is 0 Å². The Morgan fingerprint density at radius 3 is 2.32 bits per heavy atom. The zero-order valence-electron chi connectivity index (χ0n) is 18.9. The van der Waals surface area contributed by atoms with E-state index in [1.165, 1.54) is 81.8 Å². The van der Waals surface area contributed by atoms with E-state index in [2.05, 4.69) is 45.0 Å². The van der Waals surface area contributed by atoms with E-state index in [1.54, 1.807) is 0 Å². The van der Waals surface area contributed by atoms with E-state index in [-0.39, 0.29) is 0 Å². The van der Waals surface area contributed by atoms with Crippen molar-refractivity contribution in [3.63, 3.8) is 0 Å². The van der Waals surface area contributed by atoms with Crippen LogP contribution >= 0.6 is 0 Å². The van der Waals surface area contributed by atoms with Gasteiger partial charge in [0.15, 0.2) is 0 Å². The van der Waals surface area contributed by atoms with E-state index in [0.29, 0.717) is 17.8 Å². The van der Waals surface area contributed by atoms with Crippen LogP contribution in [0.3, 0.4) is 0 Å². The monoisotopic (exact) mass is 388 g/mol. The molecule has 0 N–H and O–H groups in total. The highest BCUT2D eigenvalue weighted by atomic mass is 19.1. The van der Waals surface area contributed by atoms with Gasteiger partial charge in [-0.1, -0.05) is 109 Å². The predicted octanol–water partition coefficient (Wildman–Crippen LogP) is 9.03. The van der Waals surface area contributed by atoms with Gasteiger partial charge in [-0.2, -0.15) is 0 Å². The smallest absolute Gasteiger partial charge is 0.101 e. The van der Waals surface area contributed by atoms with Crippen LogP contribution in [0.1, 0.15) is 121 Å². The van der Waals surface area contributed by atoms with E-state index in [4.69, 9.17) is 0 Å². The van der Waals surface area contributed by atoms with Gasteiger partial charge in [0.2, 0.25) is 0 Å². The molecule has 4 atom stereocenters. The SMILES string of the molecule is CCCCCCCCCCC(CC)CC(F)CC(C)C1CCc2ccccc21. The summed E-state index contributed by atoms with van der Waals surface area (Å²) < 4.78 is 14.9. The number of halogens is 1. The maximum Gasteiger partial charge on any atom is 0.101 e. The lowest BCUT2D eigenvalue weighted by Gasteiger charge is -2.24. The van der Waals surface area contributed by atoms with Crippen LogP contribution in [0, 0.1) is 11.8 Å². The predicted molar refractivity (Wildman–Crippen MR) is 122 cm³/mol. The van der Waals surface area contributed by atoms with Crippen LogP contribution in [0.25, 0.3) is 0 Å². The quantitative estimate of drug-likeness (QED) is 0.263. The molecule has 28 heavy (non-hydrogen) atoms. The lowest BCUT2D eigenvalue weighted by Crippen LogP contribution is -2.16. The van der Waals surface area contributed by atoms with Crippen LogP contribution in [-0.2, 0) is 6.42 Å². The Morgan fingerprint density at radius 1 is 0.929 bits per heavy atom. The second-order valence-electron chi connectivity index (χ2n) is 9.43. The number of benzene rings is 1. The van der Waals surface area contributed by atoms with Gasteiger partial charge in [0.05, 0.1) is 0 Å². The molecule has 1 aliphatic rings. The summed E-state index contributed by atoms with van der Waals surface area (Å²) in [4.78, 5) is 0. The lowest BCUT2D eigenvalue weighted by molar-refractivity contribution is 0.205. The van der Waals surface area contributed by atoms with Gasteiger partial charge < -0.3 is 0 Å². The Balaban J connectivity index is 1.63. The topological polar surface area (TPSA) is 0 Å². The van der Waals surface area contributed by atoms with Crippen molar-refractivity contribution in [2.45, 2.75) is 123 Å². The molecule has 1 aliphatic carbocycles. The number of alkyl halides is 1. The first-order valence-electron chi connectivity index (χ1n) is 12.4. The third kappa shape index (κ3) is 7.88. The van der Waals surface area contributed by atoms with Gasteiger partial charge in [0.25, 0.3) is 0 Å². The van der Waals surface area contributed by atoms with Crippen LogP contribution in [0.2, 0.25) is 0 Å². The molecule has 2 rings (SSSR count). The minimum absolute atomic E-state index is 0.458. The number of rotatable bonds is 15. The van der Waals surface area contributed by atoms with Crippen LogP contribution in [-0.4, -0.2) is 6.17 Å². The Hall–Kier alpha value is -0.850. The molecule has 0 saturated carbocycles. The molecular formula is C27H45F. The van der Waals surface area contributed by atoms with Crippen molar-refractivity contribution in [1.82, 2.24) is 0 Å². The van der Waals surface area contributed by atoms with E-state index in [1.807, 2.05) is 0 Å². The molecule has 0 bridgehead atoms. The van der Waals surface area contributed by atoms with Crippen molar-refractivity contribution in [1.29, 1.82) is 0 Å². The maximum atomic E-state index is 14.9. The fourth-order valence-corrected chi connectivity index (χ4v) is 5.26. The summed E-state index contributed by atoms with van der Waals surface area (Å²) in [7, 11) is 0. The van der Waals surface area contributed by atoms with Gasteiger partial charge in [-0.05, 0) is 54.6 Å². The van der Waals surface area contributed by atoms with E-state index in [0.717, 1.165) is 19.3 Å². The normalized spacial score (nSPS) is 19.4. The van der Waals surface area contributed by atoms with Gasteiger partial charge in [-0.25, -0.2) is 4.39 Å². The number of unbranched alkanes of at least 4 members (excludes halogenated alkanes) is 7. The Morgan fingerprint density at radius 2 is 1.61 bits per heavy atom. The molecule has 0 spiro atoms. The van der Waals surface area contributed by atoms with Gasteiger partial charge in [0, 0.05) is 0 Å². The average molecular weight is 389 g/mol. The number of hydrogen-bond donors (Lipinski definition) is 0. The molecule has 160 valence electrons. The molecule has 0 radical (unpaired) electrons. The summed E-state index contributed by atoms with van der Waals surface area (Å²) in [5.74, 6) is 1.61. The molecule has 0 amide bonds. The first-order chi connectivity index (χ1) is 13.7. The summed E-state index contributed by atoms with van der Waals surface area (Å²) in [6.45, 7) is 6.80. The number of fused-ring (bicyclic) bond motifs is 1. The first-order valence-corrected chi connectivity index (χ1v) is 12.4. The first kappa shape index (κ1) is 23.4. The molecule has 0 aliphatic heterocycles. The van der Waals surface area contributed by atoms with Crippen molar-refractivity contribution in [3.8, 4) is 0 Å². The van der Waals surface area contributed by atoms with Crippen molar-refractivity contribution in [3.05, 3.63) is 35.4 Å². The summed E-state index contributed by atoms with van der Waals surface area (Å²) in [6, 6.07) is 8.81. The second-order valence-corrected chi connectivity index (χ2v) is 9.43. The molecule has 1 heteroatoms. The number of aryl methyl sites for hydroxylation is 1. The Labute approximate surface area is 174 Å². The summed E-state index contributed by atoms with van der Waals surface area (Å²) in [5.41, 5.74) is 2.99. The minimum atomic E-state index is -0.623. The molecule has 0 fully saturated rings. The molecule has 1 aromatic carbocycles. The highest BCUT2D eigenvalue weighted by Crippen LogP contribution is 2.40. The second kappa shape index (κ2) is 13.4. The van der Waals surface area contributed by atoms with Crippen LogP contribution in [0.4, 0.5) is 4.39 Å². The van der Waals surface area contributed by atoms with Gasteiger partial charge in [0.1, 0.15) is 6.17 Å². The highest BCUT2D eigenvalue weighted by molar-refractivity contribution is 5.35. The van der Waals surface area contributed by atoms with Crippen LogP contribution in [0.5, 0.6) is 0 Å². The Kier molecular flexibility index (Phi) is 11.2. The maximum absolute atomic E-state index is 14.9. The van der Waals surface area contributed by atoms with E-state index >= 15 is 0 Å².